The van der Waals surface area contributed by atoms with Gasteiger partial charge in [-0.05, 0) is 30.4 Å². The molecule has 0 radical (unpaired) electrons. The summed E-state index contributed by atoms with van der Waals surface area (Å²) in [6.07, 6.45) is 3.93. The van der Waals surface area contributed by atoms with E-state index in [-0.39, 0.29) is 18.1 Å². The Balaban J connectivity index is 1.78. The topological polar surface area (TPSA) is 79.2 Å². The molecular weight excluding hydrogens is 316 g/mol. The predicted octanol–water partition coefficient (Wildman–Crippen LogP) is 2.45. The zero-order valence-electron chi connectivity index (χ0n) is 15.2. The van der Waals surface area contributed by atoms with Crippen molar-refractivity contribution in [2.45, 2.75) is 46.4 Å². The van der Waals surface area contributed by atoms with E-state index in [1.807, 2.05) is 39.1 Å². The molecule has 0 aliphatic rings. The molecule has 1 aromatic heterocycles. The monoisotopic (exact) mass is 344 g/mol. The molecule has 6 heteroatoms. The van der Waals surface area contributed by atoms with Gasteiger partial charge in [0.25, 0.3) is 0 Å². The number of carbonyl (C=O) groups excluding carboxylic acids is 1. The lowest BCUT2D eigenvalue weighted by molar-refractivity contribution is 0.116. The molecule has 136 valence electrons. The maximum atomic E-state index is 11.8. The molecule has 0 aliphatic heterocycles. The van der Waals surface area contributed by atoms with Crippen LogP contribution in [0.4, 0.5) is 4.79 Å². The summed E-state index contributed by atoms with van der Waals surface area (Å²) in [5, 5.41) is 15.3. The van der Waals surface area contributed by atoms with Crippen molar-refractivity contribution in [1.29, 1.82) is 0 Å². The summed E-state index contributed by atoms with van der Waals surface area (Å²) in [4.78, 5) is 16.1. The van der Waals surface area contributed by atoms with Crippen molar-refractivity contribution < 1.29 is 9.90 Å². The van der Waals surface area contributed by atoms with Crippen LogP contribution in [-0.2, 0) is 13.1 Å². The minimum Gasteiger partial charge on any atom is -0.393 e. The Hall–Kier alpha value is -2.34. The molecular formula is C19H28N4O2. The fourth-order valence-corrected chi connectivity index (χ4v) is 2.52. The average molecular weight is 344 g/mol. The molecule has 6 nitrogen and oxygen atoms in total. The third-order valence-electron chi connectivity index (χ3n) is 4.22. The lowest BCUT2D eigenvalue weighted by Gasteiger charge is -2.15. The second-order valence-electron chi connectivity index (χ2n) is 6.63. The average Bonchev–Trinajstić information content (AvgIpc) is 2.98. The highest BCUT2D eigenvalue weighted by atomic mass is 16.3. The number of nitrogens with zero attached hydrogens (tertiary/aromatic N) is 2. The lowest BCUT2D eigenvalue weighted by atomic mass is 10.0. The molecule has 1 unspecified atom stereocenters. The highest BCUT2D eigenvalue weighted by Crippen LogP contribution is 2.09. The van der Waals surface area contributed by atoms with Gasteiger partial charge in [-0.3, -0.25) is 0 Å². The first-order valence-corrected chi connectivity index (χ1v) is 8.71. The summed E-state index contributed by atoms with van der Waals surface area (Å²) >= 11 is 0. The first-order valence-electron chi connectivity index (χ1n) is 8.71. The molecule has 2 aromatic rings. The van der Waals surface area contributed by atoms with Crippen LogP contribution in [0.2, 0.25) is 0 Å². The quantitative estimate of drug-likeness (QED) is 0.688. The maximum Gasteiger partial charge on any atom is 0.315 e. The zero-order valence-corrected chi connectivity index (χ0v) is 15.2. The summed E-state index contributed by atoms with van der Waals surface area (Å²) in [6.45, 7) is 7.59. The largest absolute Gasteiger partial charge is 0.393 e. The van der Waals surface area contributed by atoms with Crippen molar-refractivity contribution in [2.75, 3.05) is 6.54 Å². The number of benzene rings is 1. The number of amides is 2. The molecule has 0 aliphatic carbocycles. The van der Waals surface area contributed by atoms with Crippen LogP contribution in [0.1, 0.15) is 37.2 Å². The van der Waals surface area contributed by atoms with Gasteiger partial charge in [0.2, 0.25) is 0 Å². The first kappa shape index (κ1) is 19.0. The number of aliphatic hydroxyl groups excluding tert-OH is 1. The van der Waals surface area contributed by atoms with E-state index >= 15 is 0 Å². The Morgan fingerprint density at radius 1 is 1.28 bits per heavy atom. The molecule has 0 bridgehead atoms. The van der Waals surface area contributed by atoms with Crippen molar-refractivity contribution >= 4 is 6.03 Å². The third-order valence-corrected chi connectivity index (χ3v) is 4.22. The van der Waals surface area contributed by atoms with E-state index < -0.39 is 0 Å². The second kappa shape index (κ2) is 9.22. The van der Waals surface area contributed by atoms with E-state index in [0.717, 1.165) is 17.9 Å². The Labute approximate surface area is 149 Å². The van der Waals surface area contributed by atoms with Gasteiger partial charge < -0.3 is 20.3 Å². The molecule has 2 amide bonds. The minimum atomic E-state index is -0.386. The normalized spacial score (nSPS) is 12.2. The van der Waals surface area contributed by atoms with Crippen LogP contribution in [0, 0.1) is 12.8 Å². The number of imidazole rings is 1. The Morgan fingerprint density at radius 3 is 2.72 bits per heavy atom. The van der Waals surface area contributed by atoms with Crippen molar-refractivity contribution in [3.63, 3.8) is 0 Å². The number of aliphatic hydroxyl groups is 1. The number of rotatable bonds is 8. The van der Waals surface area contributed by atoms with Crippen molar-refractivity contribution in [2.24, 2.45) is 5.92 Å². The van der Waals surface area contributed by atoms with Crippen LogP contribution in [0.3, 0.4) is 0 Å². The van der Waals surface area contributed by atoms with Gasteiger partial charge in [0, 0.05) is 32.0 Å². The number of urea groups is 1. The number of aromatic nitrogens is 2. The van der Waals surface area contributed by atoms with Crippen LogP contribution in [-0.4, -0.2) is 33.3 Å². The Morgan fingerprint density at radius 2 is 2.04 bits per heavy atom. The minimum absolute atomic E-state index is 0.201. The number of hydrogen-bond donors (Lipinski definition) is 3. The van der Waals surface area contributed by atoms with Gasteiger partial charge in [-0.15, -0.1) is 0 Å². The maximum absolute atomic E-state index is 11.8. The highest BCUT2D eigenvalue weighted by molar-refractivity contribution is 5.73. The Bertz CT molecular complexity index is 682. The lowest BCUT2D eigenvalue weighted by Crippen LogP contribution is -2.37. The number of nitrogens with one attached hydrogen (secondary N) is 2. The molecule has 0 spiro atoms. The second-order valence-corrected chi connectivity index (χ2v) is 6.63. The van der Waals surface area contributed by atoms with E-state index in [4.69, 9.17) is 0 Å². The Kier molecular flexibility index (Phi) is 7.01. The first-order chi connectivity index (χ1) is 12.0. The molecule has 3 N–H and O–H groups in total. The molecule has 0 saturated heterocycles. The van der Waals surface area contributed by atoms with E-state index in [2.05, 4.69) is 32.3 Å². The SMILES string of the molecule is Cc1nccn1Cc1cccc(CNC(=O)NCCC(O)C(C)C)c1. The smallest absolute Gasteiger partial charge is 0.315 e. The molecule has 1 atom stereocenters. The van der Waals surface area contributed by atoms with Crippen molar-refractivity contribution in [3.8, 4) is 0 Å². The van der Waals surface area contributed by atoms with E-state index in [0.29, 0.717) is 19.5 Å². The van der Waals surface area contributed by atoms with E-state index in [1.54, 1.807) is 6.20 Å². The fourth-order valence-electron chi connectivity index (χ4n) is 2.52. The van der Waals surface area contributed by atoms with Crippen LogP contribution in [0.15, 0.2) is 36.7 Å². The molecule has 2 rings (SSSR count). The summed E-state index contributed by atoms with van der Waals surface area (Å²) < 4.78 is 2.08. The number of hydrogen-bond acceptors (Lipinski definition) is 3. The van der Waals surface area contributed by atoms with Crippen LogP contribution in [0.5, 0.6) is 0 Å². The van der Waals surface area contributed by atoms with Gasteiger partial charge in [0.1, 0.15) is 5.82 Å². The summed E-state index contributed by atoms with van der Waals surface area (Å²) in [7, 11) is 0. The molecule has 0 fully saturated rings. The standard InChI is InChI=1S/C19H28N4O2/c1-14(2)18(24)7-8-21-19(25)22-12-16-5-4-6-17(11-16)13-23-10-9-20-15(23)3/h4-6,9-11,14,18,24H,7-8,12-13H2,1-3H3,(H2,21,22,25). The highest BCUT2D eigenvalue weighted by Gasteiger charge is 2.09. The third kappa shape index (κ3) is 6.23. The van der Waals surface area contributed by atoms with Gasteiger partial charge in [0.15, 0.2) is 0 Å². The molecule has 1 aromatic carbocycles. The van der Waals surface area contributed by atoms with Crippen LogP contribution in [0.25, 0.3) is 0 Å². The van der Waals surface area contributed by atoms with Gasteiger partial charge in [-0.2, -0.15) is 0 Å². The van der Waals surface area contributed by atoms with Crippen LogP contribution >= 0.6 is 0 Å². The number of aryl methyl sites for hydroxylation is 1. The fraction of sp³-hybridized carbons (Fsp3) is 0.474. The predicted molar refractivity (Wildman–Crippen MR) is 98.2 cm³/mol. The van der Waals surface area contributed by atoms with Crippen molar-refractivity contribution in [3.05, 3.63) is 53.6 Å². The van der Waals surface area contributed by atoms with E-state index in [9.17, 15) is 9.90 Å². The van der Waals surface area contributed by atoms with E-state index in [1.165, 1.54) is 5.56 Å². The number of carbonyl (C=O) groups is 1. The van der Waals surface area contributed by atoms with Crippen LogP contribution < -0.4 is 10.6 Å². The summed E-state index contributed by atoms with van der Waals surface area (Å²) in [5.41, 5.74) is 2.22. The van der Waals surface area contributed by atoms with Gasteiger partial charge in [-0.1, -0.05) is 38.1 Å². The van der Waals surface area contributed by atoms with Gasteiger partial charge in [0.05, 0.1) is 6.10 Å². The molecule has 1 heterocycles. The van der Waals surface area contributed by atoms with Crippen molar-refractivity contribution in [1.82, 2.24) is 20.2 Å². The summed E-state index contributed by atoms with van der Waals surface area (Å²) in [6, 6.07) is 7.92. The van der Waals surface area contributed by atoms with Gasteiger partial charge >= 0.3 is 6.03 Å². The van der Waals surface area contributed by atoms with Gasteiger partial charge in [-0.25, -0.2) is 9.78 Å². The summed E-state index contributed by atoms with van der Waals surface area (Å²) in [5.74, 6) is 1.18. The molecule has 25 heavy (non-hydrogen) atoms. The molecule has 0 saturated carbocycles. The zero-order chi connectivity index (χ0) is 18.2.